The quantitative estimate of drug-likeness (QED) is 0.542. The highest BCUT2D eigenvalue weighted by atomic mass is 16.3. The Hall–Kier alpha value is -2.69. The number of nitrogens with one attached hydrogen (secondary N) is 2. The average Bonchev–Trinajstić information content (AvgIpc) is 2.87. The lowest BCUT2D eigenvalue weighted by Crippen LogP contribution is -1.98. The van der Waals surface area contributed by atoms with E-state index >= 15 is 0 Å². The highest BCUT2D eigenvalue weighted by molar-refractivity contribution is 5.81. The molecule has 3 aromatic rings. The SMILES string of the molecule is Oc1ccc(CNc2ccc3cn[nH]c3c2)cc1O. The molecule has 0 amide bonds. The first-order valence-corrected chi connectivity index (χ1v) is 5.90. The van der Waals surface area contributed by atoms with Crippen LogP contribution in [0.4, 0.5) is 5.69 Å². The first-order valence-electron chi connectivity index (χ1n) is 5.90. The summed E-state index contributed by atoms with van der Waals surface area (Å²) in [6, 6.07) is 10.7. The van der Waals surface area contributed by atoms with Crippen molar-refractivity contribution in [2.24, 2.45) is 0 Å². The number of rotatable bonds is 3. The van der Waals surface area contributed by atoms with Crippen LogP contribution in [0.2, 0.25) is 0 Å². The van der Waals surface area contributed by atoms with Crippen molar-refractivity contribution >= 4 is 16.6 Å². The number of benzene rings is 2. The van der Waals surface area contributed by atoms with Crippen molar-refractivity contribution in [3.63, 3.8) is 0 Å². The Labute approximate surface area is 109 Å². The lowest BCUT2D eigenvalue weighted by molar-refractivity contribution is 0.403. The predicted molar refractivity (Wildman–Crippen MR) is 73.2 cm³/mol. The van der Waals surface area contributed by atoms with Crippen molar-refractivity contribution < 1.29 is 10.2 Å². The Balaban J connectivity index is 1.75. The van der Waals surface area contributed by atoms with Gasteiger partial charge in [-0.2, -0.15) is 5.10 Å². The van der Waals surface area contributed by atoms with E-state index in [1.807, 2.05) is 18.2 Å². The number of hydrogen-bond donors (Lipinski definition) is 4. The molecule has 0 aliphatic carbocycles. The van der Waals surface area contributed by atoms with Gasteiger partial charge < -0.3 is 15.5 Å². The second-order valence-electron chi connectivity index (χ2n) is 4.35. The minimum Gasteiger partial charge on any atom is -0.504 e. The summed E-state index contributed by atoms with van der Waals surface area (Å²) in [5.74, 6) is -0.217. The van der Waals surface area contributed by atoms with Gasteiger partial charge in [-0.1, -0.05) is 6.07 Å². The molecule has 0 saturated heterocycles. The highest BCUT2D eigenvalue weighted by Crippen LogP contribution is 2.25. The van der Waals surface area contributed by atoms with E-state index in [0.29, 0.717) is 6.54 Å². The fourth-order valence-electron chi connectivity index (χ4n) is 1.93. The smallest absolute Gasteiger partial charge is 0.157 e. The fraction of sp³-hybridized carbons (Fsp3) is 0.0714. The van der Waals surface area contributed by atoms with Crippen molar-refractivity contribution in [3.8, 4) is 11.5 Å². The van der Waals surface area contributed by atoms with Crippen LogP contribution in [0.25, 0.3) is 10.9 Å². The monoisotopic (exact) mass is 255 g/mol. The van der Waals surface area contributed by atoms with Gasteiger partial charge in [-0.25, -0.2) is 0 Å². The highest BCUT2D eigenvalue weighted by Gasteiger charge is 2.01. The molecule has 5 nitrogen and oxygen atoms in total. The van der Waals surface area contributed by atoms with Crippen LogP contribution < -0.4 is 5.32 Å². The van der Waals surface area contributed by atoms with Gasteiger partial charge in [-0.05, 0) is 35.9 Å². The van der Waals surface area contributed by atoms with Crippen LogP contribution in [-0.4, -0.2) is 20.4 Å². The molecule has 0 unspecified atom stereocenters. The number of aromatic amines is 1. The maximum Gasteiger partial charge on any atom is 0.157 e. The van der Waals surface area contributed by atoms with E-state index in [-0.39, 0.29) is 11.5 Å². The molecule has 0 aliphatic heterocycles. The average molecular weight is 255 g/mol. The molecule has 0 aliphatic rings. The molecule has 1 aromatic heterocycles. The Bertz CT molecular complexity index is 722. The van der Waals surface area contributed by atoms with Gasteiger partial charge in [0.05, 0.1) is 11.7 Å². The number of hydrogen-bond acceptors (Lipinski definition) is 4. The number of H-pyrrole nitrogens is 1. The van der Waals surface area contributed by atoms with Crippen LogP contribution in [0.3, 0.4) is 0 Å². The standard InChI is InChI=1S/C14H13N3O2/c18-13-4-1-9(5-14(13)19)7-15-11-3-2-10-8-16-17-12(10)6-11/h1-6,8,15,18-19H,7H2,(H,16,17). The van der Waals surface area contributed by atoms with Crippen molar-refractivity contribution in [1.82, 2.24) is 10.2 Å². The van der Waals surface area contributed by atoms with Gasteiger partial charge in [0.1, 0.15) is 0 Å². The summed E-state index contributed by atoms with van der Waals surface area (Å²) in [6.07, 6.45) is 1.77. The van der Waals surface area contributed by atoms with E-state index in [4.69, 9.17) is 0 Å². The Morgan fingerprint density at radius 1 is 1.05 bits per heavy atom. The van der Waals surface area contributed by atoms with E-state index in [2.05, 4.69) is 15.5 Å². The second-order valence-corrected chi connectivity index (χ2v) is 4.35. The van der Waals surface area contributed by atoms with E-state index < -0.39 is 0 Å². The van der Waals surface area contributed by atoms with Crippen LogP contribution in [0.1, 0.15) is 5.56 Å². The second kappa shape index (κ2) is 4.53. The van der Waals surface area contributed by atoms with Crippen LogP contribution in [0.5, 0.6) is 11.5 Å². The maximum atomic E-state index is 9.42. The lowest BCUT2D eigenvalue weighted by atomic mass is 10.2. The van der Waals surface area contributed by atoms with E-state index in [0.717, 1.165) is 22.2 Å². The molecule has 4 N–H and O–H groups in total. The molecule has 96 valence electrons. The van der Waals surface area contributed by atoms with Crippen LogP contribution in [0.15, 0.2) is 42.6 Å². The Morgan fingerprint density at radius 3 is 2.79 bits per heavy atom. The number of phenols is 2. The van der Waals surface area contributed by atoms with Crippen LogP contribution >= 0.6 is 0 Å². The van der Waals surface area contributed by atoms with Crippen molar-refractivity contribution in [1.29, 1.82) is 0 Å². The number of anilines is 1. The molecule has 5 heteroatoms. The molecule has 0 spiro atoms. The Kier molecular flexibility index (Phi) is 2.72. The number of phenolic OH excluding ortho intramolecular Hbond substituents is 2. The largest absolute Gasteiger partial charge is 0.504 e. The van der Waals surface area contributed by atoms with Gasteiger partial charge >= 0.3 is 0 Å². The summed E-state index contributed by atoms with van der Waals surface area (Å²) in [6.45, 7) is 0.563. The lowest BCUT2D eigenvalue weighted by Gasteiger charge is -2.07. The van der Waals surface area contributed by atoms with Gasteiger partial charge in [0, 0.05) is 17.6 Å². The van der Waals surface area contributed by atoms with Crippen LogP contribution in [-0.2, 0) is 6.54 Å². The predicted octanol–water partition coefficient (Wildman–Crippen LogP) is 2.59. The zero-order chi connectivity index (χ0) is 13.2. The summed E-state index contributed by atoms with van der Waals surface area (Å²) in [7, 11) is 0. The number of aromatic hydroxyl groups is 2. The summed E-state index contributed by atoms with van der Waals surface area (Å²) in [5, 5.41) is 29.9. The van der Waals surface area contributed by atoms with E-state index in [1.54, 1.807) is 12.3 Å². The number of nitrogens with zero attached hydrogens (tertiary/aromatic N) is 1. The van der Waals surface area contributed by atoms with Gasteiger partial charge in [0.15, 0.2) is 11.5 Å². The zero-order valence-corrected chi connectivity index (χ0v) is 10.1. The topological polar surface area (TPSA) is 81.2 Å². The molecular formula is C14H13N3O2. The van der Waals surface area contributed by atoms with Crippen molar-refractivity contribution in [2.75, 3.05) is 5.32 Å². The minimum atomic E-state index is -0.109. The van der Waals surface area contributed by atoms with E-state index in [1.165, 1.54) is 12.1 Å². The molecule has 3 rings (SSSR count). The zero-order valence-electron chi connectivity index (χ0n) is 10.1. The molecular weight excluding hydrogens is 242 g/mol. The van der Waals surface area contributed by atoms with Crippen molar-refractivity contribution in [2.45, 2.75) is 6.54 Å². The van der Waals surface area contributed by atoms with Gasteiger partial charge in [0.2, 0.25) is 0 Å². The minimum absolute atomic E-state index is 0.108. The van der Waals surface area contributed by atoms with Crippen LogP contribution in [0, 0.1) is 0 Å². The third-order valence-corrected chi connectivity index (χ3v) is 2.98. The molecule has 0 fully saturated rings. The van der Waals surface area contributed by atoms with E-state index in [9.17, 15) is 10.2 Å². The normalized spacial score (nSPS) is 10.7. The summed E-state index contributed by atoms with van der Waals surface area (Å²) in [4.78, 5) is 0. The van der Waals surface area contributed by atoms with Crippen molar-refractivity contribution in [3.05, 3.63) is 48.2 Å². The molecule has 1 heterocycles. The summed E-state index contributed by atoms with van der Waals surface area (Å²) in [5.41, 5.74) is 2.82. The number of aromatic nitrogens is 2. The number of fused-ring (bicyclic) bond motifs is 1. The summed E-state index contributed by atoms with van der Waals surface area (Å²) >= 11 is 0. The first-order chi connectivity index (χ1) is 9.22. The Morgan fingerprint density at radius 2 is 1.95 bits per heavy atom. The first kappa shape index (κ1) is 11.4. The molecule has 2 aromatic carbocycles. The molecule has 0 bridgehead atoms. The molecule has 0 atom stereocenters. The fourth-order valence-corrected chi connectivity index (χ4v) is 1.93. The van der Waals surface area contributed by atoms with Gasteiger partial charge in [-0.3, -0.25) is 5.10 Å². The molecule has 19 heavy (non-hydrogen) atoms. The third kappa shape index (κ3) is 2.30. The molecule has 0 saturated carbocycles. The van der Waals surface area contributed by atoms with Gasteiger partial charge in [0.25, 0.3) is 0 Å². The third-order valence-electron chi connectivity index (χ3n) is 2.98. The summed E-state index contributed by atoms with van der Waals surface area (Å²) < 4.78 is 0. The maximum absolute atomic E-state index is 9.42. The molecule has 0 radical (unpaired) electrons. The van der Waals surface area contributed by atoms with Gasteiger partial charge in [-0.15, -0.1) is 0 Å².